The van der Waals surface area contributed by atoms with Gasteiger partial charge in [0.15, 0.2) is 0 Å². The van der Waals surface area contributed by atoms with Gasteiger partial charge in [-0.05, 0) is 31.2 Å². The Hall–Kier alpha value is -2.70. The van der Waals surface area contributed by atoms with Crippen LogP contribution in [0.1, 0.15) is 5.01 Å². The Kier molecular flexibility index (Phi) is 5.18. The minimum atomic E-state index is -0.0541. The van der Waals surface area contributed by atoms with Gasteiger partial charge in [0.25, 0.3) is 0 Å². The average molecular weight is 392 g/mol. The molecule has 0 aliphatic heterocycles. The lowest BCUT2D eigenvalue weighted by Crippen LogP contribution is -2.14. The summed E-state index contributed by atoms with van der Waals surface area (Å²) < 4.78 is 0. The summed E-state index contributed by atoms with van der Waals surface area (Å²) in [5.41, 5.74) is 3.65. The third-order valence-corrected chi connectivity index (χ3v) is 5.69. The van der Waals surface area contributed by atoms with Gasteiger partial charge in [-0.1, -0.05) is 48.2 Å². The van der Waals surface area contributed by atoms with Crippen LogP contribution in [0.5, 0.6) is 0 Å². The van der Waals surface area contributed by atoms with Gasteiger partial charge in [-0.15, -0.1) is 11.3 Å². The lowest BCUT2D eigenvalue weighted by atomic mass is 10.1. The van der Waals surface area contributed by atoms with E-state index in [1.807, 2.05) is 73.0 Å². The van der Waals surface area contributed by atoms with Gasteiger partial charge in [-0.25, -0.2) is 9.97 Å². The summed E-state index contributed by atoms with van der Waals surface area (Å²) in [7, 11) is 0. The number of aryl methyl sites for hydroxylation is 1. The number of carbonyl (C=O) groups is 1. The Balaban J connectivity index is 1.40. The van der Waals surface area contributed by atoms with E-state index < -0.39 is 0 Å². The molecule has 4 rings (SSSR count). The van der Waals surface area contributed by atoms with Crippen LogP contribution in [-0.4, -0.2) is 21.6 Å². The molecule has 2 aromatic heterocycles. The van der Waals surface area contributed by atoms with E-state index in [0.29, 0.717) is 5.75 Å². The number of benzene rings is 2. The SMILES string of the molecule is Cc1nc(-c2cccc(NC(=O)CSc3ccc4ccccc4n3)c2)cs1. The van der Waals surface area contributed by atoms with E-state index >= 15 is 0 Å². The monoisotopic (exact) mass is 391 g/mol. The number of fused-ring (bicyclic) bond motifs is 1. The molecular formula is C21H17N3OS2. The molecule has 0 unspecified atom stereocenters. The van der Waals surface area contributed by atoms with Crippen molar-refractivity contribution in [2.45, 2.75) is 11.9 Å². The standard InChI is InChI=1S/C21H17N3OS2/c1-14-22-19(12-26-14)16-6-4-7-17(11-16)23-20(25)13-27-21-10-9-15-5-2-3-8-18(15)24-21/h2-12H,13H2,1H3,(H,23,25). The summed E-state index contributed by atoms with van der Waals surface area (Å²) in [6, 6.07) is 19.7. The van der Waals surface area contributed by atoms with Gasteiger partial charge in [0.1, 0.15) is 0 Å². The number of carbonyl (C=O) groups excluding carboxylic acids is 1. The number of rotatable bonds is 5. The molecule has 6 heteroatoms. The molecule has 1 N–H and O–H groups in total. The number of thioether (sulfide) groups is 1. The molecule has 0 aliphatic carbocycles. The minimum Gasteiger partial charge on any atom is -0.325 e. The Morgan fingerprint density at radius 3 is 2.81 bits per heavy atom. The predicted molar refractivity (Wildman–Crippen MR) is 113 cm³/mol. The third-order valence-electron chi connectivity index (χ3n) is 3.99. The largest absolute Gasteiger partial charge is 0.325 e. The summed E-state index contributed by atoms with van der Waals surface area (Å²) in [4.78, 5) is 21.4. The van der Waals surface area contributed by atoms with Crippen LogP contribution in [0.15, 0.2) is 71.1 Å². The fourth-order valence-corrected chi connectivity index (χ4v) is 4.02. The van der Waals surface area contributed by atoms with Gasteiger partial charge in [0, 0.05) is 22.0 Å². The highest BCUT2D eigenvalue weighted by Crippen LogP contribution is 2.25. The normalized spacial score (nSPS) is 10.9. The molecule has 0 atom stereocenters. The molecule has 2 aromatic carbocycles. The van der Waals surface area contributed by atoms with Crippen molar-refractivity contribution in [3.63, 3.8) is 0 Å². The maximum atomic E-state index is 12.3. The second-order valence-corrected chi connectivity index (χ2v) is 8.07. The molecule has 1 amide bonds. The summed E-state index contributed by atoms with van der Waals surface area (Å²) in [6.07, 6.45) is 0. The molecule has 0 aliphatic rings. The Bertz CT molecular complexity index is 1110. The zero-order valence-electron chi connectivity index (χ0n) is 14.7. The van der Waals surface area contributed by atoms with Gasteiger partial charge < -0.3 is 5.32 Å². The molecule has 4 aromatic rings. The number of aromatic nitrogens is 2. The molecular weight excluding hydrogens is 374 g/mol. The first-order valence-electron chi connectivity index (χ1n) is 8.48. The van der Waals surface area contributed by atoms with Crippen molar-refractivity contribution in [2.24, 2.45) is 0 Å². The quantitative estimate of drug-likeness (QED) is 0.463. The Morgan fingerprint density at radius 1 is 1.07 bits per heavy atom. The van der Waals surface area contributed by atoms with Crippen LogP contribution < -0.4 is 5.32 Å². The second-order valence-electron chi connectivity index (χ2n) is 6.01. The van der Waals surface area contributed by atoms with Crippen LogP contribution in [0.25, 0.3) is 22.2 Å². The molecule has 134 valence electrons. The highest BCUT2D eigenvalue weighted by molar-refractivity contribution is 7.99. The van der Waals surface area contributed by atoms with E-state index in [1.165, 1.54) is 11.8 Å². The number of hydrogen-bond acceptors (Lipinski definition) is 5. The summed E-state index contributed by atoms with van der Waals surface area (Å²) >= 11 is 3.05. The molecule has 0 fully saturated rings. The lowest BCUT2D eigenvalue weighted by molar-refractivity contribution is -0.113. The van der Waals surface area contributed by atoms with Crippen LogP contribution in [0.2, 0.25) is 0 Å². The summed E-state index contributed by atoms with van der Waals surface area (Å²) in [5, 5.41) is 7.95. The van der Waals surface area contributed by atoms with E-state index in [2.05, 4.69) is 15.3 Å². The van der Waals surface area contributed by atoms with Crippen LogP contribution in [0.4, 0.5) is 5.69 Å². The lowest BCUT2D eigenvalue weighted by Gasteiger charge is -2.07. The van der Waals surface area contributed by atoms with Crippen molar-refractivity contribution in [1.82, 2.24) is 9.97 Å². The zero-order chi connectivity index (χ0) is 18.6. The van der Waals surface area contributed by atoms with Crippen LogP contribution in [0.3, 0.4) is 0 Å². The first-order chi connectivity index (χ1) is 13.2. The van der Waals surface area contributed by atoms with Crippen LogP contribution in [-0.2, 0) is 4.79 Å². The van der Waals surface area contributed by atoms with Crippen molar-refractivity contribution >= 4 is 45.6 Å². The number of nitrogens with zero attached hydrogens (tertiary/aromatic N) is 2. The molecule has 2 heterocycles. The molecule has 0 saturated carbocycles. The Labute approximate surface area is 165 Å². The highest BCUT2D eigenvalue weighted by Gasteiger charge is 2.08. The maximum absolute atomic E-state index is 12.3. The maximum Gasteiger partial charge on any atom is 0.234 e. The number of nitrogens with one attached hydrogen (secondary N) is 1. The van der Waals surface area contributed by atoms with Crippen LogP contribution >= 0.6 is 23.1 Å². The average Bonchev–Trinajstić information content (AvgIpc) is 3.13. The van der Waals surface area contributed by atoms with Gasteiger partial charge in [0.05, 0.1) is 27.0 Å². The first kappa shape index (κ1) is 17.7. The predicted octanol–water partition coefficient (Wildman–Crippen LogP) is 5.40. The van der Waals surface area contributed by atoms with Gasteiger partial charge in [-0.2, -0.15) is 0 Å². The summed E-state index contributed by atoms with van der Waals surface area (Å²) in [6.45, 7) is 1.98. The van der Waals surface area contributed by atoms with Gasteiger partial charge in [-0.3, -0.25) is 4.79 Å². The summed E-state index contributed by atoms with van der Waals surface area (Å²) in [5.74, 6) is 0.257. The van der Waals surface area contributed by atoms with E-state index in [9.17, 15) is 4.79 Å². The number of para-hydroxylation sites is 1. The van der Waals surface area contributed by atoms with Gasteiger partial charge >= 0.3 is 0 Å². The van der Waals surface area contributed by atoms with E-state index in [4.69, 9.17) is 0 Å². The van der Waals surface area contributed by atoms with E-state index in [0.717, 1.165) is 37.9 Å². The number of pyridine rings is 1. The molecule has 27 heavy (non-hydrogen) atoms. The number of hydrogen-bond donors (Lipinski definition) is 1. The van der Waals surface area contributed by atoms with Gasteiger partial charge in [0.2, 0.25) is 5.91 Å². The zero-order valence-corrected chi connectivity index (χ0v) is 16.3. The van der Waals surface area contributed by atoms with Crippen molar-refractivity contribution in [2.75, 3.05) is 11.1 Å². The van der Waals surface area contributed by atoms with Crippen molar-refractivity contribution < 1.29 is 4.79 Å². The topological polar surface area (TPSA) is 54.9 Å². The Morgan fingerprint density at radius 2 is 1.96 bits per heavy atom. The minimum absolute atomic E-state index is 0.0541. The number of anilines is 1. The third kappa shape index (κ3) is 4.35. The number of thiazole rings is 1. The number of amides is 1. The fourth-order valence-electron chi connectivity index (χ4n) is 2.72. The van der Waals surface area contributed by atoms with Crippen molar-refractivity contribution in [3.05, 3.63) is 71.1 Å². The van der Waals surface area contributed by atoms with Crippen molar-refractivity contribution in [1.29, 1.82) is 0 Å². The highest BCUT2D eigenvalue weighted by atomic mass is 32.2. The first-order valence-corrected chi connectivity index (χ1v) is 10.3. The molecule has 0 spiro atoms. The van der Waals surface area contributed by atoms with E-state index in [1.54, 1.807) is 11.3 Å². The molecule has 0 saturated heterocycles. The van der Waals surface area contributed by atoms with Crippen molar-refractivity contribution in [3.8, 4) is 11.3 Å². The smallest absolute Gasteiger partial charge is 0.234 e. The van der Waals surface area contributed by atoms with Crippen LogP contribution in [0, 0.1) is 6.92 Å². The molecule has 0 radical (unpaired) electrons. The second kappa shape index (κ2) is 7.90. The fraction of sp³-hybridized carbons (Fsp3) is 0.0952. The molecule has 4 nitrogen and oxygen atoms in total. The molecule has 0 bridgehead atoms. The van der Waals surface area contributed by atoms with E-state index in [-0.39, 0.29) is 5.91 Å².